The SMILES string of the molecule is C.CC(C)(C)OC(=O)N1CCC(C(=O)Cc2cccc(Br)c2)CC1.CC(C)(C)OC(=O)N1CCC(C(=O)Cc2cccc(C#N)c2)CC1.[CH3-]. The largest absolute Gasteiger partial charge is 0.444 e. The van der Waals surface area contributed by atoms with Crippen LogP contribution >= 0.6 is 15.9 Å². The number of Topliss-reactive ketones (excluding diaryl/α,β-unsaturated/α-hetero) is 2. The van der Waals surface area contributed by atoms with Gasteiger partial charge in [0.05, 0.1) is 11.6 Å². The number of hydrogen-bond acceptors (Lipinski definition) is 7. The molecule has 0 radical (unpaired) electrons. The van der Waals surface area contributed by atoms with E-state index in [4.69, 9.17) is 14.7 Å². The van der Waals surface area contributed by atoms with Gasteiger partial charge < -0.3 is 26.7 Å². The fourth-order valence-electron chi connectivity index (χ4n) is 5.51. The predicted molar refractivity (Wildman–Crippen MR) is 197 cm³/mol. The van der Waals surface area contributed by atoms with Gasteiger partial charge in [-0.2, -0.15) is 5.26 Å². The topological polar surface area (TPSA) is 117 Å². The summed E-state index contributed by atoms with van der Waals surface area (Å²) in [7, 11) is 0. The van der Waals surface area contributed by atoms with E-state index in [9.17, 15) is 19.2 Å². The van der Waals surface area contributed by atoms with Crippen LogP contribution in [0.4, 0.5) is 9.59 Å². The number of likely N-dealkylation sites (tertiary alicyclic amines) is 2. The van der Waals surface area contributed by atoms with Crippen LogP contribution in [0.25, 0.3) is 0 Å². The van der Waals surface area contributed by atoms with E-state index < -0.39 is 11.2 Å². The van der Waals surface area contributed by atoms with Crippen LogP contribution in [0.5, 0.6) is 0 Å². The van der Waals surface area contributed by atoms with Crippen molar-refractivity contribution in [3.8, 4) is 6.07 Å². The number of hydrogen-bond donors (Lipinski definition) is 0. The highest BCUT2D eigenvalue weighted by molar-refractivity contribution is 9.10. The highest BCUT2D eigenvalue weighted by Crippen LogP contribution is 2.24. The predicted octanol–water partition coefficient (Wildman–Crippen LogP) is 8.61. The van der Waals surface area contributed by atoms with Gasteiger partial charge in [0, 0.05) is 55.3 Å². The molecule has 4 rings (SSSR count). The molecule has 0 aromatic heterocycles. The van der Waals surface area contributed by atoms with Crippen molar-refractivity contribution in [1.82, 2.24) is 9.80 Å². The summed E-state index contributed by atoms with van der Waals surface area (Å²) in [6.45, 7) is 13.4. The van der Waals surface area contributed by atoms with Crippen molar-refractivity contribution >= 4 is 39.7 Å². The lowest BCUT2D eigenvalue weighted by Gasteiger charge is -2.33. The van der Waals surface area contributed by atoms with Gasteiger partial charge in [-0.3, -0.25) is 9.59 Å². The summed E-state index contributed by atoms with van der Waals surface area (Å²) in [5.74, 6) is 0.433. The van der Waals surface area contributed by atoms with Crippen LogP contribution < -0.4 is 0 Å². The van der Waals surface area contributed by atoms with Gasteiger partial charge in [0.25, 0.3) is 0 Å². The van der Waals surface area contributed by atoms with Crippen LogP contribution in [0.1, 0.15) is 91.3 Å². The number of carbonyl (C=O) groups excluding carboxylic acids is 4. The second-order valence-corrected chi connectivity index (χ2v) is 15.1. The Bertz CT molecular complexity index is 1440. The fourth-order valence-corrected chi connectivity index (χ4v) is 5.96. The molecule has 9 nitrogen and oxygen atoms in total. The Kier molecular flexibility index (Phi) is 17.2. The minimum absolute atomic E-state index is 0. The first-order valence-corrected chi connectivity index (χ1v) is 17.1. The molecule has 49 heavy (non-hydrogen) atoms. The first-order chi connectivity index (χ1) is 22.0. The van der Waals surface area contributed by atoms with Crippen molar-refractivity contribution in [3.05, 3.63) is 77.1 Å². The highest BCUT2D eigenvalue weighted by Gasteiger charge is 2.31. The molecule has 270 valence electrons. The maximum atomic E-state index is 12.5. The summed E-state index contributed by atoms with van der Waals surface area (Å²) in [6.07, 6.45) is 2.96. The summed E-state index contributed by atoms with van der Waals surface area (Å²) in [4.78, 5) is 52.3. The molecule has 0 saturated carbocycles. The minimum atomic E-state index is -0.504. The summed E-state index contributed by atoms with van der Waals surface area (Å²) in [5, 5.41) is 8.92. The molecule has 10 heteroatoms. The van der Waals surface area contributed by atoms with Gasteiger partial charge in [0.1, 0.15) is 22.8 Å². The Morgan fingerprint density at radius 3 is 1.49 bits per heavy atom. The number of halogens is 1. The first-order valence-electron chi connectivity index (χ1n) is 16.3. The number of rotatable bonds is 6. The zero-order valence-corrected chi connectivity index (χ0v) is 31.1. The lowest BCUT2D eigenvalue weighted by molar-refractivity contribution is -0.124. The molecule has 0 aliphatic carbocycles. The average molecular weight is 742 g/mol. The Hall–Kier alpha value is -3.71. The van der Waals surface area contributed by atoms with E-state index in [0.29, 0.717) is 70.3 Å². The van der Waals surface area contributed by atoms with E-state index in [1.165, 1.54) is 0 Å². The number of nitriles is 1. The second-order valence-electron chi connectivity index (χ2n) is 14.2. The van der Waals surface area contributed by atoms with Crippen LogP contribution in [0.15, 0.2) is 53.0 Å². The van der Waals surface area contributed by atoms with Gasteiger partial charge >= 0.3 is 12.2 Å². The van der Waals surface area contributed by atoms with Gasteiger partial charge in [0.15, 0.2) is 0 Å². The normalized spacial score (nSPS) is 15.3. The van der Waals surface area contributed by atoms with Gasteiger partial charge in [-0.15, -0.1) is 0 Å². The third-order valence-electron chi connectivity index (χ3n) is 7.91. The van der Waals surface area contributed by atoms with Gasteiger partial charge in [0.2, 0.25) is 0 Å². The molecular formula is C39H55BrN3O6-. The number of benzene rings is 2. The standard InChI is InChI=1S/C19H24N2O3.C18H24BrNO3.CH4.CH3/c1-19(2,3)24-18(23)21-9-7-16(8-10-21)17(22)12-14-5-4-6-15(11-14)13-20;1-18(2,3)23-17(22)20-9-7-14(8-10-20)16(21)12-13-5-4-6-15(19)11-13;;/h4-6,11,16H,7-10,12H2,1-3H3;4-6,11,14H,7-10,12H2,1-3H3;1H4;1H3/q;;;-1. The van der Waals surface area contributed by atoms with Crippen molar-refractivity contribution < 1.29 is 28.7 Å². The van der Waals surface area contributed by atoms with Crippen molar-refractivity contribution in [3.63, 3.8) is 0 Å². The second kappa shape index (κ2) is 19.5. The Labute approximate surface area is 302 Å². The van der Waals surface area contributed by atoms with E-state index in [1.807, 2.05) is 71.9 Å². The van der Waals surface area contributed by atoms with Crippen LogP contribution in [0, 0.1) is 30.6 Å². The number of ether oxygens (including phenoxy) is 2. The number of carbonyl (C=O) groups is 4. The third-order valence-corrected chi connectivity index (χ3v) is 8.40. The smallest absolute Gasteiger partial charge is 0.410 e. The maximum Gasteiger partial charge on any atom is 0.410 e. The molecule has 0 spiro atoms. The Morgan fingerprint density at radius 2 is 1.12 bits per heavy atom. The quantitative estimate of drug-likeness (QED) is 0.272. The van der Waals surface area contributed by atoms with Gasteiger partial charge in [-0.1, -0.05) is 47.6 Å². The molecule has 2 aliphatic rings. The summed E-state index contributed by atoms with van der Waals surface area (Å²) >= 11 is 3.43. The molecule has 2 saturated heterocycles. The Morgan fingerprint density at radius 1 is 0.735 bits per heavy atom. The number of nitrogens with zero attached hydrogens (tertiary/aromatic N) is 3. The lowest BCUT2D eigenvalue weighted by atomic mass is 9.89. The van der Waals surface area contributed by atoms with E-state index in [1.54, 1.807) is 28.0 Å². The van der Waals surface area contributed by atoms with Crippen molar-refractivity contribution in [2.24, 2.45) is 11.8 Å². The molecule has 2 heterocycles. The summed E-state index contributed by atoms with van der Waals surface area (Å²) < 4.78 is 11.7. The Balaban J connectivity index is 0.000000471. The van der Waals surface area contributed by atoms with E-state index >= 15 is 0 Å². The molecule has 2 aromatic carbocycles. The molecule has 2 aromatic rings. The van der Waals surface area contributed by atoms with E-state index in [-0.39, 0.29) is 50.4 Å². The highest BCUT2D eigenvalue weighted by atomic mass is 79.9. The number of piperidine rings is 2. The zero-order chi connectivity index (χ0) is 34.8. The fraction of sp³-hybridized carbons (Fsp3) is 0.538. The number of amides is 2. The van der Waals surface area contributed by atoms with Crippen LogP contribution in [-0.4, -0.2) is 70.9 Å². The monoisotopic (exact) mass is 740 g/mol. The minimum Gasteiger partial charge on any atom is -0.444 e. The maximum absolute atomic E-state index is 12.5. The number of ketones is 2. The van der Waals surface area contributed by atoms with Gasteiger partial charge in [-0.25, -0.2) is 9.59 Å². The van der Waals surface area contributed by atoms with E-state index in [0.717, 1.165) is 15.6 Å². The van der Waals surface area contributed by atoms with Crippen molar-refractivity contribution in [2.75, 3.05) is 26.2 Å². The molecule has 2 aliphatic heterocycles. The molecule has 2 amide bonds. The lowest BCUT2D eigenvalue weighted by Crippen LogP contribution is -2.43. The van der Waals surface area contributed by atoms with Crippen LogP contribution in [-0.2, 0) is 31.9 Å². The van der Waals surface area contributed by atoms with Crippen molar-refractivity contribution in [2.45, 2.75) is 98.7 Å². The summed E-state index contributed by atoms with van der Waals surface area (Å²) in [6, 6.07) is 17.1. The molecular weight excluding hydrogens is 686 g/mol. The third kappa shape index (κ3) is 15.2. The molecule has 0 unspecified atom stereocenters. The van der Waals surface area contributed by atoms with Crippen LogP contribution in [0.2, 0.25) is 0 Å². The van der Waals surface area contributed by atoms with Crippen molar-refractivity contribution in [1.29, 1.82) is 5.26 Å². The van der Waals surface area contributed by atoms with Crippen LogP contribution in [0.3, 0.4) is 0 Å². The molecule has 0 bridgehead atoms. The van der Waals surface area contributed by atoms with Gasteiger partial charge in [-0.05, 0) is 103 Å². The zero-order valence-electron chi connectivity index (χ0n) is 29.5. The average Bonchev–Trinajstić information content (AvgIpc) is 3.00. The first kappa shape index (κ1) is 43.3. The summed E-state index contributed by atoms with van der Waals surface area (Å²) in [5.41, 5.74) is 1.48. The molecule has 0 N–H and O–H groups in total. The molecule has 2 fully saturated rings. The molecule has 0 atom stereocenters. The van der Waals surface area contributed by atoms with E-state index in [2.05, 4.69) is 22.0 Å².